The number of aliphatic imine (C=N–C) groups is 1. The summed E-state index contributed by atoms with van der Waals surface area (Å²) in [5.74, 6) is 2.43. The second-order valence-corrected chi connectivity index (χ2v) is 8.49. The van der Waals surface area contributed by atoms with Crippen LogP contribution in [0.4, 0.5) is 0 Å². The van der Waals surface area contributed by atoms with Gasteiger partial charge in [0.05, 0.1) is 20.3 Å². The van der Waals surface area contributed by atoms with E-state index in [1.807, 2.05) is 6.07 Å². The highest BCUT2D eigenvalue weighted by Gasteiger charge is 2.40. The fraction of sp³-hybridized carbons (Fsp3) is 0.480. The summed E-state index contributed by atoms with van der Waals surface area (Å²) in [7, 11) is 3.34. The summed E-state index contributed by atoms with van der Waals surface area (Å²) in [5.41, 5.74) is 5.23. The van der Waals surface area contributed by atoms with Crippen LogP contribution in [0, 0.1) is 0 Å². The van der Waals surface area contributed by atoms with Gasteiger partial charge in [-0.05, 0) is 62.1 Å². The van der Waals surface area contributed by atoms with Gasteiger partial charge in [-0.15, -0.1) is 0 Å². The Morgan fingerprint density at radius 1 is 0.966 bits per heavy atom. The van der Waals surface area contributed by atoms with Crippen molar-refractivity contribution in [1.29, 1.82) is 0 Å². The molecule has 4 heteroatoms. The average Bonchev–Trinajstić information content (AvgIpc) is 3.19. The van der Waals surface area contributed by atoms with Crippen molar-refractivity contribution in [2.75, 3.05) is 20.8 Å². The first-order valence-corrected chi connectivity index (χ1v) is 10.6. The maximum Gasteiger partial charge on any atom is 0.160 e. The molecule has 2 aromatic rings. The van der Waals surface area contributed by atoms with Crippen LogP contribution < -0.4 is 14.2 Å². The van der Waals surface area contributed by atoms with Gasteiger partial charge in [0.2, 0.25) is 0 Å². The maximum atomic E-state index is 6.01. The van der Waals surface area contributed by atoms with Gasteiger partial charge >= 0.3 is 0 Å². The Morgan fingerprint density at radius 3 is 2.41 bits per heavy atom. The van der Waals surface area contributed by atoms with Crippen LogP contribution in [-0.2, 0) is 11.8 Å². The first kappa shape index (κ1) is 19.8. The Morgan fingerprint density at radius 2 is 1.72 bits per heavy atom. The Hall–Kier alpha value is -2.49. The minimum absolute atomic E-state index is 0.156. The van der Waals surface area contributed by atoms with Gasteiger partial charge in [0, 0.05) is 29.7 Å². The van der Waals surface area contributed by atoms with Crippen LogP contribution in [0.15, 0.2) is 41.4 Å². The zero-order chi connectivity index (χ0) is 20.4. The molecule has 2 aromatic carbocycles. The molecule has 1 saturated carbocycles. The maximum absolute atomic E-state index is 6.01. The molecule has 4 rings (SSSR count). The lowest BCUT2D eigenvalue weighted by molar-refractivity contribution is 0.242. The molecular formula is C25H31NO3. The Kier molecular flexibility index (Phi) is 5.53. The normalized spacial score (nSPS) is 17.2. The SMILES string of the molecule is COc1ccc(CC2=NCC3(CCCC3)c3ccc(OC(C)C)cc32)cc1OC. The number of rotatable bonds is 6. The molecule has 0 saturated heterocycles. The minimum atomic E-state index is 0.156. The molecular weight excluding hydrogens is 362 g/mol. The third-order valence-electron chi connectivity index (χ3n) is 6.20. The van der Waals surface area contributed by atoms with Crippen molar-refractivity contribution in [3.63, 3.8) is 0 Å². The minimum Gasteiger partial charge on any atom is -0.493 e. The van der Waals surface area contributed by atoms with Crippen molar-refractivity contribution in [2.45, 2.75) is 57.5 Å². The molecule has 0 bridgehead atoms. The summed E-state index contributed by atoms with van der Waals surface area (Å²) in [6, 6.07) is 12.7. The smallest absolute Gasteiger partial charge is 0.160 e. The summed E-state index contributed by atoms with van der Waals surface area (Å²) in [6.45, 7) is 5.03. The Bertz CT molecular complexity index is 910. The van der Waals surface area contributed by atoms with E-state index in [2.05, 4.69) is 44.2 Å². The molecule has 0 aromatic heterocycles. The molecule has 1 heterocycles. The zero-order valence-electron chi connectivity index (χ0n) is 18.0. The molecule has 2 aliphatic rings. The van der Waals surface area contributed by atoms with Gasteiger partial charge in [-0.3, -0.25) is 4.99 Å². The number of ether oxygens (including phenoxy) is 3. The number of benzene rings is 2. The van der Waals surface area contributed by atoms with Gasteiger partial charge < -0.3 is 14.2 Å². The third-order valence-corrected chi connectivity index (χ3v) is 6.20. The lowest BCUT2D eigenvalue weighted by Gasteiger charge is -2.35. The van der Waals surface area contributed by atoms with E-state index in [-0.39, 0.29) is 11.5 Å². The van der Waals surface area contributed by atoms with Crippen molar-refractivity contribution in [1.82, 2.24) is 0 Å². The standard InChI is InChI=1S/C25H31NO3/c1-17(2)29-19-8-9-21-20(15-19)22(26-16-25(21)11-5-6-12-25)13-18-7-10-23(27-3)24(14-18)28-4/h7-10,14-15,17H,5-6,11-13,16H2,1-4H3. The van der Waals surface area contributed by atoms with Gasteiger partial charge in [-0.2, -0.15) is 0 Å². The van der Waals surface area contributed by atoms with E-state index in [4.69, 9.17) is 19.2 Å². The van der Waals surface area contributed by atoms with Crippen LogP contribution in [0.1, 0.15) is 56.2 Å². The van der Waals surface area contributed by atoms with Gasteiger partial charge in [-0.1, -0.05) is 25.0 Å². The van der Waals surface area contributed by atoms with E-state index in [9.17, 15) is 0 Å². The molecule has 1 spiro atoms. The first-order chi connectivity index (χ1) is 14.0. The number of methoxy groups -OCH3 is 2. The summed E-state index contributed by atoms with van der Waals surface area (Å²) in [4.78, 5) is 5.11. The van der Waals surface area contributed by atoms with E-state index in [1.54, 1.807) is 14.2 Å². The van der Waals surface area contributed by atoms with Gasteiger partial charge in [-0.25, -0.2) is 0 Å². The molecule has 154 valence electrons. The quantitative estimate of drug-likeness (QED) is 0.664. The summed E-state index contributed by atoms with van der Waals surface area (Å²) in [5, 5.41) is 0. The van der Waals surface area contributed by atoms with Crippen LogP contribution in [0.3, 0.4) is 0 Å². The lowest BCUT2D eigenvalue weighted by atomic mass is 9.73. The van der Waals surface area contributed by atoms with E-state index < -0.39 is 0 Å². The monoisotopic (exact) mass is 393 g/mol. The van der Waals surface area contributed by atoms with E-state index >= 15 is 0 Å². The molecule has 4 nitrogen and oxygen atoms in total. The van der Waals surface area contributed by atoms with Crippen molar-refractivity contribution in [3.8, 4) is 17.2 Å². The second kappa shape index (κ2) is 8.10. The molecule has 1 aliphatic carbocycles. The molecule has 0 radical (unpaired) electrons. The van der Waals surface area contributed by atoms with Gasteiger partial charge in [0.1, 0.15) is 5.75 Å². The second-order valence-electron chi connectivity index (χ2n) is 8.49. The Balaban J connectivity index is 1.70. The molecule has 1 aliphatic heterocycles. The fourth-order valence-corrected chi connectivity index (χ4v) is 4.80. The molecule has 0 amide bonds. The molecule has 0 atom stereocenters. The molecule has 0 N–H and O–H groups in total. The van der Waals surface area contributed by atoms with Crippen LogP contribution in [0.5, 0.6) is 17.2 Å². The average molecular weight is 394 g/mol. The van der Waals surface area contributed by atoms with Crippen LogP contribution in [0.2, 0.25) is 0 Å². The van der Waals surface area contributed by atoms with Crippen molar-refractivity contribution >= 4 is 5.71 Å². The van der Waals surface area contributed by atoms with Crippen LogP contribution in [0.25, 0.3) is 0 Å². The molecule has 29 heavy (non-hydrogen) atoms. The Labute approximate surface area is 173 Å². The van der Waals surface area contributed by atoms with Crippen molar-refractivity contribution in [3.05, 3.63) is 53.1 Å². The lowest BCUT2D eigenvalue weighted by Crippen LogP contribution is -2.33. The number of hydrogen-bond acceptors (Lipinski definition) is 4. The summed E-state index contributed by atoms with van der Waals surface area (Å²) < 4.78 is 16.9. The highest BCUT2D eigenvalue weighted by Crippen LogP contribution is 2.46. The van der Waals surface area contributed by atoms with Crippen molar-refractivity contribution < 1.29 is 14.2 Å². The van der Waals surface area contributed by atoms with Crippen LogP contribution >= 0.6 is 0 Å². The number of fused-ring (bicyclic) bond motifs is 2. The topological polar surface area (TPSA) is 40.0 Å². The van der Waals surface area contributed by atoms with Gasteiger partial charge in [0.25, 0.3) is 0 Å². The van der Waals surface area contributed by atoms with Crippen LogP contribution in [-0.4, -0.2) is 32.6 Å². The largest absolute Gasteiger partial charge is 0.493 e. The van der Waals surface area contributed by atoms with Crippen molar-refractivity contribution in [2.24, 2.45) is 4.99 Å². The first-order valence-electron chi connectivity index (χ1n) is 10.6. The molecule has 1 fully saturated rings. The predicted molar refractivity (Wildman–Crippen MR) is 117 cm³/mol. The highest BCUT2D eigenvalue weighted by atomic mass is 16.5. The summed E-state index contributed by atoms with van der Waals surface area (Å²) in [6.07, 6.45) is 5.99. The van der Waals surface area contributed by atoms with Gasteiger partial charge in [0.15, 0.2) is 11.5 Å². The van der Waals surface area contributed by atoms with E-state index in [0.29, 0.717) is 0 Å². The predicted octanol–water partition coefficient (Wildman–Crippen LogP) is 5.35. The third kappa shape index (κ3) is 3.85. The zero-order valence-corrected chi connectivity index (χ0v) is 18.0. The number of nitrogens with zero attached hydrogens (tertiary/aromatic N) is 1. The highest BCUT2D eigenvalue weighted by molar-refractivity contribution is 6.04. The number of hydrogen-bond donors (Lipinski definition) is 0. The summed E-state index contributed by atoms with van der Waals surface area (Å²) >= 11 is 0. The fourth-order valence-electron chi connectivity index (χ4n) is 4.80. The van der Waals surface area contributed by atoms with E-state index in [1.165, 1.54) is 42.4 Å². The molecule has 0 unspecified atom stereocenters. The van der Waals surface area contributed by atoms with E-state index in [0.717, 1.165) is 35.9 Å².